The van der Waals surface area contributed by atoms with Crippen LogP contribution in [0.3, 0.4) is 0 Å². The molecule has 0 saturated heterocycles. The van der Waals surface area contributed by atoms with E-state index in [4.69, 9.17) is 5.73 Å². The first-order chi connectivity index (χ1) is 7.19. The van der Waals surface area contributed by atoms with Crippen LogP contribution < -0.4 is 5.73 Å². The molecule has 0 fully saturated rings. The molecule has 4 heteroatoms. The van der Waals surface area contributed by atoms with E-state index in [-0.39, 0.29) is 0 Å². The first-order valence-electron chi connectivity index (χ1n) is 4.21. The summed E-state index contributed by atoms with van der Waals surface area (Å²) in [7, 11) is 1.33. The lowest BCUT2D eigenvalue weighted by atomic mass is 10.1. The molecule has 0 aromatic heterocycles. The number of rotatable bonds is 1. The van der Waals surface area contributed by atoms with E-state index < -0.39 is 5.97 Å². The standard InChI is InChI=1S/C11H10BrNO2/c1-15-11(14)9-5-4-8(3-2-6-12)10(13)7-9/h4-5,7H,6,13H2,1H3. The molecule has 1 rings (SSSR count). The Balaban J connectivity index is 3.03. The van der Waals surface area contributed by atoms with Crippen LogP contribution in [0.4, 0.5) is 5.69 Å². The Bertz CT molecular complexity index is 432. The number of ether oxygens (including phenoxy) is 1. The third-order valence-corrected chi connectivity index (χ3v) is 2.04. The molecule has 0 saturated carbocycles. The summed E-state index contributed by atoms with van der Waals surface area (Å²) in [6.07, 6.45) is 0. The van der Waals surface area contributed by atoms with E-state index in [1.165, 1.54) is 7.11 Å². The van der Waals surface area contributed by atoms with Gasteiger partial charge in [0.1, 0.15) is 0 Å². The van der Waals surface area contributed by atoms with Gasteiger partial charge < -0.3 is 10.5 Å². The van der Waals surface area contributed by atoms with Gasteiger partial charge >= 0.3 is 5.97 Å². The molecule has 15 heavy (non-hydrogen) atoms. The Morgan fingerprint density at radius 1 is 1.60 bits per heavy atom. The van der Waals surface area contributed by atoms with Crippen LogP contribution in [0.15, 0.2) is 18.2 Å². The second kappa shape index (κ2) is 5.42. The third-order valence-electron chi connectivity index (χ3n) is 1.76. The van der Waals surface area contributed by atoms with Crippen LogP contribution in [-0.4, -0.2) is 18.4 Å². The minimum absolute atomic E-state index is 0.401. The highest BCUT2D eigenvalue weighted by atomic mass is 79.9. The van der Waals surface area contributed by atoms with Gasteiger partial charge in [-0.3, -0.25) is 0 Å². The molecule has 0 aliphatic heterocycles. The summed E-state index contributed by atoms with van der Waals surface area (Å²) in [5.74, 6) is 5.31. The summed E-state index contributed by atoms with van der Waals surface area (Å²) in [5.41, 5.74) is 7.35. The number of carbonyl (C=O) groups excluding carboxylic acids is 1. The smallest absolute Gasteiger partial charge is 0.337 e. The molecule has 3 nitrogen and oxygen atoms in total. The number of nitrogen functional groups attached to an aromatic ring is 1. The van der Waals surface area contributed by atoms with Gasteiger partial charge in [0.2, 0.25) is 0 Å². The van der Waals surface area contributed by atoms with Crippen molar-refractivity contribution in [2.45, 2.75) is 0 Å². The minimum Gasteiger partial charge on any atom is -0.465 e. The number of benzene rings is 1. The van der Waals surface area contributed by atoms with Gasteiger partial charge in [-0.15, -0.1) is 0 Å². The van der Waals surface area contributed by atoms with Gasteiger partial charge in [0.25, 0.3) is 0 Å². The second-order valence-corrected chi connectivity index (χ2v) is 3.29. The van der Waals surface area contributed by atoms with Crippen molar-refractivity contribution in [1.29, 1.82) is 0 Å². The molecule has 0 amide bonds. The number of esters is 1. The second-order valence-electron chi connectivity index (χ2n) is 2.73. The zero-order valence-electron chi connectivity index (χ0n) is 8.21. The number of carbonyl (C=O) groups is 1. The molecule has 0 aliphatic carbocycles. The minimum atomic E-state index is -0.401. The van der Waals surface area contributed by atoms with E-state index in [0.717, 1.165) is 0 Å². The largest absolute Gasteiger partial charge is 0.465 e. The average molecular weight is 268 g/mol. The molecule has 0 bridgehead atoms. The summed E-state index contributed by atoms with van der Waals surface area (Å²) >= 11 is 3.19. The van der Waals surface area contributed by atoms with Crippen LogP contribution in [0.2, 0.25) is 0 Å². The third kappa shape index (κ3) is 3.00. The van der Waals surface area contributed by atoms with Gasteiger partial charge in [0.15, 0.2) is 0 Å². The van der Waals surface area contributed by atoms with Gasteiger partial charge in [0.05, 0.1) is 18.0 Å². The molecule has 2 N–H and O–H groups in total. The van der Waals surface area contributed by atoms with Crippen LogP contribution >= 0.6 is 15.9 Å². The van der Waals surface area contributed by atoms with Crippen LogP contribution in [0.5, 0.6) is 0 Å². The lowest BCUT2D eigenvalue weighted by molar-refractivity contribution is 0.0601. The lowest BCUT2D eigenvalue weighted by Gasteiger charge is -2.02. The molecule has 0 radical (unpaired) electrons. The van der Waals surface area contributed by atoms with Gasteiger partial charge in [-0.25, -0.2) is 4.79 Å². The molecule has 0 heterocycles. The van der Waals surface area contributed by atoms with Crippen LogP contribution in [0.25, 0.3) is 0 Å². The summed E-state index contributed by atoms with van der Waals surface area (Å²) in [4.78, 5) is 11.2. The molecule has 0 spiro atoms. The maximum atomic E-state index is 11.2. The maximum Gasteiger partial charge on any atom is 0.337 e. The average Bonchev–Trinajstić information content (AvgIpc) is 2.26. The van der Waals surface area contributed by atoms with Crippen LogP contribution in [-0.2, 0) is 4.74 Å². The van der Waals surface area contributed by atoms with Gasteiger partial charge in [-0.1, -0.05) is 27.8 Å². The number of hydrogen-bond donors (Lipinski definition) is 1. The summed E-state index contributed by atoms with van der Waals surface area (Å²) in [6, 6.07) is 4.90. The van der Waals surface area contributed by atoms with E-state index in [0.29, 0.717) is 22.1 Å². The number of anilines is 1. The van der Waals surface area contributed by atoms with Crippen LogP contribution in [0.1, 0.15) is 15.9 Å². The SMILES string of the molecule is COC(=O)c1ccc(C#CCBr)c(N)c1. The molecule has 1 aromatic carbocycles. The van der Waals surface area contributed by atoms with Crippen molar-refractivity contribution in [1.82, 2.24) is 0 Å². The lowest BCUT2D eigenvalue weighted by Crippen LogP contribution is -2.02. The first kappa shape index (κ1) is 11.6. The zero-order chi connectivity index (χ0) is 11.3. The molecular weight excluding hydrogens is 258 g/mol. The highest BCUT2D eigenvalue weighted by molar-refractivity contribution is 9.09. The van der Waals surface area contributed by atoms with E-state index in [9.17, 15) is 4.79 Å². The van der Waals surface area contributed by atoms with E-state index in [1.807, 2.05) is 0 Å². The quantitative estimate of drug-likeness (QED) is 0.366. The maximum absolute atomic E-state index is 11.2. The highest BCUT2D eigenvalue weighted by Gasteiger charge is 2.06. The van der Waals surface area contributed by atoms with E-state index in [2.05, 4.69) is 32.5 Å². The number of nitrogens with two attached hydrogens (primary N) is 1. The van der Waals surface area contributed by atoms with Gasteiger partial charge in [0, 0.05) is 11.3 Å². The van der Waals surface area contributed by atoms with E-state index >= 15 is 0 Å². The Kier molecular flexibility index (Phi) is 4.19. The van der Waals surface area contributed by atoms with Crippen molar-refractivity contribution >= 4 is 27.6 Å². The fourth-order valence-corrected chi connectivity index (χ4v) is 1.19. The fourth-order valence-electron chi connectivity index (χ4n) is 1.05. The Morgan fingerprint density at radius 3 is 2.87 bits per heavy atom. The molecule has 0 aliphatic rings. The monoisotopic (exact) mass is 267 g/mol. The predicted octanol–water partition coefficient (Wildman–Crippen LogP) is 1.80. The summed E-state index contributed by atoms with van der Waals surface area (Å²) < 4.78 is 4.57. The number of alkyl halides is 1. The van der Waals surface area contributed by atoms with Crippen molar-refractivity contribution in [3.8, 4) is 11.8 Å². The Labute approximate surface area is 96.7 Å². The van der Waals surface area contributed by atoms with Crippen molar-refractivity contribution in [2.24, 2.45) is 0 Å². The van der Waals surface area contributed by atoms with Crippen molar-refractivity contribution < 1.29 is 9.53 Å². The number of methoxy groups -OCH3 is 1. The van der Waals surface area contributed by atoms with Gasteiger partial charge in [-0.05, 0) is 18.2 Å². The van der Waals surface area contributed by atoms with Gasteiger partial charge in [-0.2, -0.15) is 0 Å². The molecular formula is C11H10BrNO2. The van der Waals surface area contributed by atoms with Crippen molar-refractivity contribution in [3.63, 3.8) is 0 Å². The first-order valence-corrected chi connectivity index (χ1v) is 5.34. The van der Waals surface area contributed by atoms with Crippen molar-refractivity contribution in [2.75, 3.05) is 18.2 Å². The fraction of sp³-hybridized carbons (Fsp3) is 0.182. The molecule has 1 aromatic rings. The normalized spacial score (nSPS) is 8.93. The van der Waals surface area contributed by atoms with Crippen LogP contribution in [0, 0.1) is 11.8 Å². The van der Waals surface area contributed by atoms with Crippen molar-refractivity contribution in [3.05, 3.63) is 29.3 Å². The number of halogens is 1. The molecule has 78 valence electrons. The highest BCUT2D eigenvalue weighted by Crippen LogP contribution is 2.13. The Hall–Kier alpha value is -1.47. The summed E-state index contributed by atoms with van der Waals surface area (Å²) in [5, 5.41) is 0.588. The molecule has 0 atom stereocenters. The zero-order valence-corrected chi connectivity index (χ0v) is 9.80. The molecule has 0 unspecified atom stereocenters. The number of hydrogen-bond acceptors (Lipinski definition) is 3. The van der Waals surface area contributed by atoms with E-state index in [1.54, 1.807) is 18.2 Å². The summed E-state index contributed by atoms with van der Waals surface area (Å²) in [6.45, 7) is 0. The predicted molar refractivity (Wildman–Crippen MR) is 62.9 cm³/mol. The topological polar surface area (TPSA) is 52.3 Å². The Morgan fingerprint density at radius 2 is 2.33 bits per heavy atom.